The number of nitrogens with zero attached hydrogens (tertiary/aromatic N) is 1. The van der Waals surface area contributed by atoms with E-state index in [2.05, 4.69) is 11.8 Å². The van der Waals surface area contributed by atoms with Gasteiger partial charge in [-0.05, 0) is 50.4 Å². The van der Waals surface area contributed by atoms with E-state index in [4.69, 9.17) is 11.6 Å². The lowest BCUT2D eigenvalue weighted by atomic mass is 10.0. The highest BCUT2D eigenvalue weighted by atomic mass is 35.5. The zero-order chi connectivity index (χ0) is 14.5. The molecule has 4 heteroatoms. The topological polar surface area (TPSA) is 40.5 Å². The van der Waals surface area contributed by atoms with Gasteiger partial charge in [0, 0.05) is 11.1 Å². The van der Waals surface area contributed by atoms with Gasteiger partial charge in [-0.2, -0.15) is 0 Å². The van der Waals surface area contributed by atoms with Gasteiger partial charge in [-0.15, -0.1) is 0 Å². The molecule has 0 bridgehead atoms. The molecule has 0 amide bonds. The maximum absolute atomic E-state index is 11.5. The highest BCUT2D eigenvalue weighted by molar-refractivity contribution is 6.30. The van der Waals surface area contributed by atoms with E-state index in [1.165, 1.54) is 5.56 Å². The Bertz CT molecular complexity index is 446. The van der Waals surface area contributed by atoms with Crippen molar-refractivity contribution in [3.63, 3.8) is 0 Å². The summed E-state index contributed by atoms with van der Waals surface area (Å²) in [5.74, 6) is -0.685. The molecular weight excluding hydrogens is 274 g/mol. The van der Waals surface area contributed by atoms with Gasteiger partial charge < -0.3 is 5.11 Å². The van der Waals surface area contributed by atoms with Gasteiger partial charge in [0.15, 0.2) is 0 Å². The predicted octanol–water partition coefficient (Wildman–Crippen LogP) is 3.60. The van der Waals surface area contributed by atoms with Gasteiger partial charge in [0.05, 0.1) is 0 Å². The average Bonchev–Trinajstić information content (AvgIpc) is 2.67. The number of halogens is 1. The molecule has 1 aliphatic heterocycles. The molecule has 1 heterocycles. The number of rotatable bonds is 4. The first kappa shape index (κ1) is 15.3. The molecule has 1 aromatic rings. The van der Waals surface area contributed by atoms with Crippen LogP contribution in [0.1, 0.15) is 38.2 Å². The first-order valence-corrected chi connectivity index (χ1v) is 7.68. The second-order valence-electron chi connectivity index (χ2n) is 5.62. The molecule has 1 aromatic carbocycles. The minimum atomic E-state index is -0.685. The summed E-state index contributed by atoms with van der Waals surface area (Å²) in [6, 6.07) is 7.72. The second-order valence-corrected chi connectivity index (χ2v) is 6.06. The lowest BCUT2D eigenvalue weighted by Gasteiger charge is -2.32. The van der Waals surface area contributed by atoms with E-state index in [9.17, 15) is 9.90 Å². The Kier molecular flexibility index (Phi) is 5.44. The Balaban J connectivity index is 2.06. The summed E-state index contributed by atoms with van der Waals surface area (Å²) in [5.41, 5.74) is 1.20. The molecule has 0 saturated carbocycles. The van der Waals surface area contributed by atoms with Crippen LogP contribution in [0.5, 0.6) is 0 Å². The standard InChI is InChI=1S/C16H22ClNO2/c1-12(11-13-6-8-14(17)9-7-13)18-10-4-2-3-5-15(18)16(19)20/h6-9,12,15H,2-5,10-11H2,1H3,(H,19,20). The molecule has 2 rings (SSSR count). The summed E-state index contributed by atoms with van der Waals surface area (Å²) in [6.07, 6.45) is 4.87. The van der Waals surface area contributed by atoms with E-state index in [0.717, 1.165) is 43.7 Å². The van der Waals surface area contributed by atoms with E-state index in [1.807, 2.05) is 24.3 Å². The molecule has 0 aliphatic carbocycles. The Morgan fingerprint density at radius 2 is 2.05 bits per heavy atom. The minimum Gasteiger partial charge on any atom is -0.480 e. The predicted molar refractivity (Wildman–Crippen MR) is 81.2 cm³/mol. The molecule has 1 saturated heterocycles. The number of likely N-dealkylation sites (tertiary alicyclic amines) is 1. The first-order valence-electron chi connectivity index (χ1n) is 7.31. The largest absolute Gasteiger partial charge is 0.480 e. The van der Waals surface area contributed by atoms with E-state index >= 15 is 0 Å². The van der Waals surface area contributed by atoms with Gasteiger partial charge in [0.2, 0.25) is 0 Å². The summed E-state index contributed by atoms with van der Waals surface area (Å²) >= 11 is 5.90. The fraction of sp³-hybridized carbons (Fsp3) is 0.562. The van der Waals surface area contributed by atoms with Crippen molar-refractivity contribution in [3.05, 3.63) is 34.9 Å². The molecule has 0 spiro atoms. The van der Waals surface area contributed by atoms with Crippen LogP contribution in [0.25, 0.3) is 0 Å². The van der Waals surface area contributed by atoms with E-state index in [1.54, 1.807) is 0 Å². The number of carboxylic acid groups (broad SMARTS) is 1. The maximum Gasteiger partial charge on any atom is 0.320 e. The molecule has 2 unspecified atom stereocenters. The molecule has 1 fully saturated rings. The fourth-order valence-electron chi connectivity index (χ4n) is 3.00. The molecule has 1 N–H and O–H groups in total. The summed E-state index contributed by atoms with van der Waals surface area (Å²) in [6.45, 7) is 3.00. The number of benzene rings is 1. The monoisotopic (exact) mass is 295 g/mol. The van der Waals surface area contributed by atoms with Crippen molar-refractivity contribution < 1.29 is 9.90 Å². The van der Waals surface area contributed by atoms with Crippen molar-refractivity contribution >= 4 is 17.6 Å². The van der Waals surface area contributed by atoms with E-state index in [0.29, 0.717) is 0 Å². The van der Waals surface area contributed by atoms with Gasteiger partial charge in [0.25, 0.3) is 0 Å². The van der Waals surface area contributed by atoms with Crippen LogP contribution in [0.15, 0.2) is 24.3 Å². The van der Waals surface area contributed by atoms with Crippen LogP contribution >= 0.6 is 11.6 Å². The molecule has 1 aliphatic rings. The van der Waals surface area contributed by atoms with Crippen molar-refractivity contribution in [2.75, 3.05) is 6.54 Å². The summed E-state index contributed by atoms with van der Waals surface area (Å²) < 4.78 is 0. The quantitative estimate of drug-likeness (QED) is 0.922. The molecular formula is C16H22ClNO2. The fourth-order valence-corrected chi connectivity index (χ4v) is 3.13. The molecule has 110 valence electrons. The Labute approximate surface area is 125 Å². The molecule has 20 heavy (non-hydrogen) atoms. The van der Waals surface area contributed by atoms with Crippen LogP contribution < -0.4 is 0 Å². The average molecular weight is 296 g/mol. The van der Waals surface area contributed by atoms with Crippen LogP contribution in [0.4, 0.5) is 0 Å². The van der Waals surface area contributed by atoms with Crippen molar-refractivity contribution in [1.82, 2.24) is 4.90 Å². The number of hydrogen-bond acceptors (Lipinski definition) is 2. The summed E-state index contributed by atoms with van der Waals surface area (Å²) in [4.78, 5) is 13.6. The third kappa shape index (κ3) is 3.97. The molecule has 0 aromatic heterocycles. The van der Waals surface area contributed by atoms with Crippen LogP contribution in [-0.4, -0.2) is 34.6 Å². The SMILES string of the molecule is CC(Cc1ccc(Cl)cc1)N1CCCCCC1C(=O)O. The highest BCUT2D eigenvalue weighted by Gasteiger charge is 2.30. The minimum absolute atomic E-state index is 0.232. The van der Waals surface area contributed by atoms with Crippen molar-refractivity contribution in [1.29, 1.82) is 0 Å². The number of aliphatic carboxylic acids is 1. The van der Waals surface area contributed by atoms with Gasteiger partial charge in [-0.3, -0.25) is 9.69 Å². The van der Waals surface area contributed by atoms with Crippen LogP contribution in [0.2, 0.25) is 5.02 Å². The van der Waals surface area contributed by atoms with Gasteiger partial charge in [-0.1, -0.05) is 36.6 Å². The second kappa shape index (κ2) is 7.09. The lowest BCUT2D eigenvalue weighted by molar-refractivity contribution is -0.144. The zero-order valence-electron chi connectivity index (χ0n) is 11.9. The van der Waals surface area contributed by atoms with Gasteiger partial charge in [-0.25, -0.2) is 0 Å². The van der Waals surface area contributed by atoms with Crippen molar-refractivity contribution in [2.24, 2.45) is 0 Å². The van der Waals surface area contributed by atoms with Gasteiger partial charge >= 0.3 is 5.97 Å². The van der Waals surface area contributed by atoms with Crippen molar-refractivity contribution in [3.8, 4) is 0 Å². The summed E-state index contributed by atoms with van der Waals surface area (Å²) in [7, 11) is 0. The maximum atomic E-state index is 11.5. The van der Waals surface area contributed by atoms with E-state index in [-0.39, 0.29) is 12.1 Å². The Morgan fingerprint density at radius 1 is 1.35 bits per heavy atom. The molecule has 3 nitrogen and oxygen atoms in total. The number of hydrogen-bond donors (Lipinski definition) is 1. The normalized spacial score (nSPS) is 22.2. The van der Waals surface area contributed by atoms with Crippen LogP contribution in [-0.2, 0) is 11.2 Å². The smallest absolute Gasteiger partial charge is 0.320 e. The van der Waals surface area contributed by atoms with E-state index < -0.39 is 5.97 Å². The third-order valence-electron chi connectivity index (χ3n) is 4.09. The van der Waals surface area contributed by atoms with Crippen LogP contribution in [0.3, 0.4) is 0 Å². The third-order valence-corrected chi connectivity index (χ3v) is 4.34. The van der Waals surface area contributed by atoms with Crippen LogP contribution in [0, 0.1) is 0 Å². The van der Waals surface area contributed by atoms with Gasteiger partial charge in [0.1, 0.15) is 6.04 Å². The van der Waals surface area contributed by atoms with Crippen molar-refractivity contribution in [2.45, 2.75) is 51.1 Å². The number of carbonyl (C=O) groups is 1. The molecule has 0 radical (unpaired) electrons. The molecule has 2 atom stereocenters. The Hall–Kier alpha value is -1.06. The number of carboxylic acids is 1. The lowest BCUT2D eigenvalue weighted by Crippen LogP contribution is -2.46. The Morgan fingerprint density at radius 3 is 2.70 bits per heavy atom. The first-order chi connectivity index (χ1) is 9.58. The zero-order valence-corrected chi connectivity index (χ0v) is 12.6. The summed E-state index contributed by atoms with van der Waals surface area (Å²) in [5, 5.41) is 10.2. The highest BCUT2D eigenvalue weighted by Crippen LogP contribution is 2.22.